The molecule has 0 saturated carbocycles. The van der Waals surface area contributed by atoms with Gasteiger partial charge in [-0.1, -0.05) is 0 Å². The summed E-state index contributed by atoms with van der Waals surface area (Å²) in [5.74, 6) is 0.870. The van der Waals surface area contributed by atoms with Crippen molar-refractivity contribution in [3.8, 4) is 5.75 Å². The first-order valence-electron chi connectivity index (χ1n) is 3.47. The van der Waals surface area contributed by atoms with E-state index in [0.717, 1.165) is 15.0 Å². The van der Waals surface area contributed by atoms with E-state index in [0.29, 0.717) is 0 Å². The minimum absolute atomic E-state index is 0.870. The second-order valence-electron chi connectivity index (χ2n) is 2.38. The van der Waals surface area contributed by atoms with Crippen molar-refractivity contribution in [3.05, 3.63) is 28.2 Å². The van der Waals surface area contributed by atoms with Crippen LogP contribution >= 0.6 is 22.6 Å². The zero-order valence-corrected chi connectivity index (χ0v) is 8.65. The average Bonchev–Trinajstić information content (AvgIpc) is 2.49. The van der Waals surface area contributed by atoms with E-state index in [1.54, 1.807) is 13.3 Å². The Morgan fingerprint density at radius 3 is 3.17 bits per heavy atom. The molecule has 0 amide bonds. The molecule has 2 heterocycles. The average molecular weight is 274 g/mol. The predicted molar refractivity (Wildman–Crippen MR) is 54.5 cm³/mol. The molecule has 0 aromatic carbocycles. The maximum atomic E-state index is 5.16. The van der Waals surface area contributed by atoms with Gasteiger partial charge in [-0.3, -0.25) is 0 Å². The second-order valence-corrected chi connectivity index (χ2v) is 3.54. The van der Waals surface area contributed by atoms with Crippen LogP contribution in [-0.2, 0) is 0 Å². The fourth-order valence-corrected chi connectivity index (χ4v) is 1.75. The smallest absolute Gasteiger partial charge is 0.140 e. The lowest BCUT2D eigenvalue weighted by molar-refractivity contribution is 0.411. The molecule has 12 heavy (non-hydrogen) atoms. The minimum Gasteiger partial charge on any atom is -0.495 e. The number of ether oxygens (including phenoxy) is 1. The first kappa shape index (κ1) is 7.85. The number of nitrogens with zero attached hydrogens (tertiary/aromatic N) is 2. The number of hydrogen-bond donors (Lipinski definition) is 0. The maximum Gasteiger partial charge on any atom is 0.140 e. The van der Waals surface area contributed by atoms with Crippen LogP contribution in [0.3, 0.4) is 0 Å². The SMILES string of the molecule is COc1cc2nccn2cc1I. The maximum absolute atomic E-state index is 5.16. The summed E-state index contributed by atoms with van der Waals surface area (Å²) in [6.07, 6.45) is 5.67. The third-order valence-electron chi connectivity index (χ3n) is 1.67. The quantitative estimate of drug-likeness (QED) is 0.743. The van der Waals surface area contributed by atoms with Crippen LogP contribution in [0.15, 0.2) is 24.7 Å². The summed E-state index contributed by atoms with van der Waals surface area (Å²) < 4.78 is 8.21. The first-order valence-corrected chi connectivity index (χ1v) is 4.55. The van der Waals surface area contributed by atoms with Crippen molar-refractivity contribution in [2.24, 2.45) is 0 Å². The summed E-state index contributed by atoms with van der Waals surface area (Å²) >= 11 is 2.23. The lowest BCUT2D eigenvalue weighted by atomic mass is 10.4. The third-order valence-corrected chi connectivity index (χ3v) is 2.48. The Morgan fingerprint density at radius 1 is 1.58 bits per heavy atom. The van der Waals surface area contributed by atoms with Crippen LogP contribution in [0.25, 0.3) is 5.65 Å². The Morgan fingerprint density at radius 2 is 2.42 bits per heavy atom. The van der Waals surface area contributed by atoms with Gasteiger partial charge in [-0.25, -0.2) is 4.98 Å². The van der Waals surface area contributed by atoms with Crippen molar-refractivity contribution in [2.75, 3.05) is 7.11 Å². The highest BCUT2D eigenvalue weighted by Gasteiger charge is 2.01. The van der Waals surface area contributed by atoms with Crippen molar-refractivity contribution >= 4 is 28.2 Å². The van der Waals surface area contributed by atoms with Crippen LogP contribution in [0.4, 0.5) is 0 Å². The normalized spacial score (nSPS) is 10.5. The predicted octanol–water partition coefficient (Wildman–Crippen LogP) is 1.95. The number of imidazole rings is 1. The van der Waals surface area contributed by atoms with Gasteiger partial charge in [0.2, 0.25) is 0 Å². The summed E-state index contributed by atoms with van der Waals surface area (Å²) in [4.78, 5) is 4.15. The highest BCUT2D eigenvalue weighted by Crippen LogP contribution is 2.21. The second kappa shape index (κ2) is 2.93. The van der Waals surface area contributed by atoms with Crippen molar-refractivity contribution in [1.82, 2.24) is 9.38 Å². The van der Waals surface area contributed by atoms with E-state index in [9.17, 15) is 0 Å². The van der Waals surface area contributed by atoms with Gasteiger partial charge in [0.1, 0.15) is 11.4 Å². The van der Waals surface area contributed by atoms with E-state index in [-0.39, 0.29) is 0 Å². The van der Waals surface area contributed by atoms with Gasteiger partial charge in [-0.05, 0) is 22.6 Å². The van der Waals surface area contributed by atoms with Gasteiger partial charge in [-0.15, -0.1) is 0 Å². The topological polar surface area (TPSA) is 26.5 Å². The Labute approximate surface area is 83.5 Å². The van der Waals surface area contributed by atoms with Gasteiger partial charge in [0.05, 0.1) is 10.7 Å². The Balaban J connectivity index is 2.73. The first-order chi connectivity index (χ1) is 5.81. The Hall–Kier alpha value is -0.780. The number of fused-ring (bicyclic) bond motifs is 1. The van der Waals surface area contributed by atoms with E-state index in [2.05, 4.69) is 27.6 Å². The summed E-state index contributed by atoms with van der Waals surface area (Å²) in [7, 11) is 1.66. The van der Waals surface area contributed by atoms with Crippen LogP contribution in [0.2, 0.25) is 0 Å². The van der Waals surface area contributed by atoms with Gasteiger partial charge in [0.25, 0.3) is 0 Å². The minimum atomic E-state index is 0.870. The van der Waals surface area contributed by atoms with E-state index >= 15 is 0 Å². The van der Waals surface area contributed by atoms with Gasteiger partial charge < -0.3 is 9.14 Å². The summed E-state index contributed by atoms with van der Waals surface area (Å²) in [5.41, 5.74) is 0.910. The van der Waals surface area contributed by atoms with Gasteiger partial charge in [-0.2, -0.15) is 0 Å². The molecule has 0 fully saturated rings. The molecule has 3 nitrogen and oxygen atoms in total. The van der Waals surface area contributed by atoms with E-state index < -0.39 is 0 Å². The van der Waals surface area contributed by atoms with Crippen LogP contribution in [0.5, 0.6) is 5.75 Å². The van der Waals surface area contributed by atoms with E-state index in [1.807, 2.05) is 22.9 Å². The van der Waals surface area contributed by atoms with Gasteiger partial charge >= 0.3 is 0 Å². The van der Waals surface area contributed by atoms with Crippen molar-refractivity contribution in [2.45, 2.75) is 0 Å². The van der Waals surface area contributed by atoms with Crippen molar-refractivity contribution in [3.63, 3.8) is 0 Å². The molecule has 4 heteroatoms. The number of aromatic nitrogens is 2. The van der Waals surface area contributed by atoms with Crippen LogP contribution < -0.4 is 4.74 Å². The molecule has 0 aliphatic carbocycles. The number of halogens is 1. The molecule has 0 bridgehead atoms. The molecule has 0 aliphatic rings. The largest absolute Gasteiger partial charge is 0.495 e. The molecular formula is C8H7IN2O. The Kier molecular flexibility index (Phi) is 1.92. The molecule has 2 rings (SSSR count). The van der Waals surface area contributed by atoms with Gasteiger partial charge in [0.15, 0.2) is 0 Å². The van der Waals surface area contributed by atoms with Crippen molar-refractivity contribution < 1.29 is 4.74 Å². The van der Waals surface area contributed by atoms with E-state index in [4.69, 9.17) is 4.74 Å². The lowest BCUT2D eigenvalue weighted by Crippen LogP contribution is -1.90. The number of methoxy groups -OCH3 is 1. The van der Waals surface area contributed by atoms with E-state index in [1.165, 1.54) is 0 Å². The molecule has 0 aliphatic heterocycles. The molecule has 2 aromatic rings. The number of hydrogen-bond acceptors (Lipinski definition) is 2. The fraction of sp³-hybridized carbons (Fsp3) is 0.125. The van der Waals surface area contributed by atoms with Crippen LogP contribution in [-0.4, -0.2) is 16.5 Å². The molecule has 0 atom stereocenters. The van der Waals surface area contributed by atoms with Crippen molar-refractivity contribution in [1.29, 1.82) is 0 Å². The highest BCUT2D eigenvalue weighted by molar-refractivity contribution is 14.1. The molecule has 62 valence electrons. The Bertz CT molecular complexity index is 410. The molecule has 0 spiro atoms. The molecule has 0 radical (unpaired) electrons. The molecular weight excluding hydrogens is 267 g/mol. The lowest BCUT2D eigenvalue weighted by Gasteiger charge is -2.02. The third kappa shape index (κ3) is 1.16. The van der Waals surface area contributed by atoms with Crippen LogP contribution in [0, 0.1) is 3.57 Å². The summed E-state index contributed by atoms with van der Waals surface area (Å²) in [6.45, 7) is 0. The molecule has 0 N–H and O–H groups in total. The molecule has 0 saturated heterocycles. The number of pyridine rings is 1. The van der Waals surface area contributed by atoms with Gasteiger partial charge in [0, 0.05) is 24.7 Å². The summed E-state index contributed by atoms with van der Waals surface area (Å²) in [6, 6.07) is 1.92. The standard InChI is InChI=1S/C8H7IN2O/c1-12-7-4-8-10-2-3-11(8)5-6(7)9/h2-5H,1H3. The zero-order chi connectivity index (χ0) is 8.55. The molecule has 0 unspecified atom stereocenters. The molecule has 2 aromatic heterocycles. The summed E-state index contributed by atoms with van der Waals surface area (Å²) in [5, 5.41) is 0. The van der Waals surface area contributed by atoms with Crippen LogP contribution in [0.1, 0.15) is 0 Å². The highest BCUT2D eigenvalue weighted by atomic mass is 127. The zero-order valence-electron chi connectivity index (χ0n) is 6.49. The fourth-order valence-electron chi connectivity index (χ4n) is 1.07. The monoisotopic (exact) mass is 274 g/mol. The number of rotatable bonds is 1.